The summed E-state index contributed by atoms with van der Waals surface area (Å²) in [6, 6.07) is 13.6. The highest BCUT2D eigenvalue weighted by Crippen LogP contribution is 2.31. The molecule has 130 valence electrons. The number of ether oxygens (including phenoxy) is 1. The quantitative estimate of drug-likeness (QED) is 0.418. The van der Waals surface area contributed by atoms with Crippen LogP contribution in [-0.2, 0) is 17.8 Å². The van der Waals surface area contributed by atoms with Crippen LogP contribution in [0.2, 0.25) is 5.02 Å². The molecule has 0 saturated heterocycles. The molecule has 5 nitrogen and oxygen atoms in total. The maximum atomic E-state index is 11.9. The van der Waals surface area contributed by atoms with Gasteiger partial charge in [0.15, 0.2) is 0 Å². The summed E-state index contributed by atoms with van der Waals surface area (Å²) in [4.78, 5) is 11.9. The van der Waals surface area contributed by atoms with Gasteiger partial charge in [0.05, 0.1) is 13.5 Å². The fourth-order valence-corrected chi connectivity index (χ4v) is 3.29. The lowest BCUT2D eigenvalue weighted by atomic mass is 10.1. The number of halogens is 1. The van der Waals surface area contributed by atoms with Crippen molar-refractivity contribution in [1.82, 2.24) is 9.99 Å². The minimum atomic E-state index is -0.234. The van der Waals surface area contributed by atoms with Crippen LogP contribution in [0.5, 0.6) is 5.75 Å². The van der Waals surface area contributed by atoms with Crippen molar-refractivity contribution in [2.24, 2.45) is 5.84 Å². The molecule has 0 spiro atoms. The van der Waals surface area contributed by atoms with E-state index in [1.54, 1.807) is 7.11 Å². The molecule has 0 atom stereocenters. The van der Waals surface area contributed by atoms with Crippen LogP contribution in [-0.4, -0.2) is 17.6 Å². The molecule has 1 heterocycles. The topological polar surface area (TPSA) is 69.3 Å². The molecule has 0 saturated carbocycles. The van der Waals surface area contributed by atoms with Gasteiger partial charge in [-0.25, -0.2) is 5.84 Å². The molecular weight excluding hydrogens is 338 g/mol. The summed E-state index contributed by atoms with van der Waals surface area (Å²) < 4.78 is 7.50. The molecule has 0 bridgehead atoms. The smallest absolute Gasteiger partial charge is 0.238 e. The Hall–Kier alpha value is -2.50. The first-order chi connectivity index (χ1) is 12.0. The summed E-state index contributed by atoms with van der Waals surface area (Å²) in [6.45, 7) is 2.63. The van der Waals surface area contributed by atoms with E-state index in [2.05, 4.69) is 9.99 Å². The minimum Gasteiger partial charge on any atom is -0.497 e. The van der Waals surface area contributed by atoms with Gasteiger partial charge in [-0.1, -0.05) is 29.8 Å². The molecule has 2 aromatic carbocycles. The first kappa shape index (κ1) is 17.3. The third-order valence-corrected chi connectivity index (χ3v) is 4.81. The van der Waals surface area contributed by atoms with Crippen molar-refractivity contribution in [2.45, 2.75) is 19.9 Å². The molecule has 3 aromatic rings. The molecule has 25 heavy (non-hydrogen) atoms. The number of nitrogens with two attached hydrogens (primary N) is 1. The zero-order chi connectivity index (χ0) is 18.0. The molecule has 0 aliphatic rings. The number of hydrogen-bond donors (Lipinski definition) is 2. The number of nitrogens with zero attached hydrogens (tertiary/aromatic N) is 1. The highest BCUT2D eigenvalue weighted by atomic mass is 35.5. The molecule has 6 heteroatoms. The van der Waals surface area contributed by atoms with Gasteiger partial charge in [-0.2, -0.15) is 0 Å². The van der Waals surface area contributed by atoms with Crippen molar-refractivity contribution in [3.05, 3.63) is 64.3 Å². The van der Waals surface area contributed by atoms with Crippen LogP contribution >= 0.6 is 11.6 Å². The molecule has 3 N–H and O–H groups in total. The maximum Gasteiger partial charge on any atom is 0.238 e. The number of carbonyl (C=O) groups is 1. The SMILES string of the molecule is COc1ccc2c(c1)c(CC(=O)NN)c(C)n2Cc1ccccc1Cl. The lowest BCUT2D eigenvalue weighted by Crippen LogP contribution is -2.31. The number of fused-ring (bicyclic) bond motifs is 1. The molecular formula is C19H20ClN3O2. The summed E-state index contributed by atoms with van der Waals surface area (Å²) in [5, 5.41) is 1.70. The van der Waals surface area contributed by atoms with Gasteiger partial charge >= 0.3 is 0 Å². The van der Waals surface area contributed by atoms with Crippen LogP contribution in [0.15, 0.2) is 42.5 Å². The standard InChI is InChI=1S/C19H20ClN3O2/c1-12-15(10-19(24)22-21)16-9-14(25-2)7-8-18(16)23(12)11-13-5-3-4-6-17(13)20/h3-9H,10-11,21H2,1-2H3,(H,22,24). The number of carbonyl (C=O) groups excluding carboxylic acids is 1. The zero-order valence-electron chi connectivity index (χ0n) is 14.2. The Morgan fingerprint density at radius 3 is 2.72 bits per heavy atom. The van der Waals surface area contributed by atoms with E-state index in [4.69, 9.17) is 22.2 Å². The Kier molecular flexibility index (Phi) is 4.97. The second-order valence-corrected chi connectivity index (χ2v) is 6.28. The van der Waals surface area contributed by atoms with Crippen molar-refractivity contribution in [1.29, 1.82) is 0 Å². The largest absolute Gasteiger partial charge is 0.497 e. The fourth-order valence-electron chi connectivity index (χ4n) is 3.09. The predicted molar refractivity (Wildman–Crippen MR) is 99.8 cm³/mol. The summed E-state index contributed by atoms with van der Waals surface area (Å²) in [7, 11) is 1.63. The molecule has 3 rings (SSSR count). The minimum absolute atomic E-state index is 0.210. The average molecular weight is 358 g/mol. The molecule has 0 radical (unpaired) electrons. The van der Waals surface area contributed by atoms with Crippen LogP contribution in [0.3, 0.4) is 0 Å². The van der Waals surface area contributed by atoms with Gasteiger partial charge in [0.25, 0.3) is 0 Å². The van der Waals surface area contributed by atoms with Crippen molar-refractivity contribution in [3.8, 4) is 5.75 Å². The Morgan fingerprint density at radius 2 is 2.04 bits per heavy atom. The lowest BCUT2D eigenvalue weighted by Gasteiger charge is -2.10. The van der Waals surface area contributed by atoms with E-state index in [1.165, 1.54) is 0 Å². The van der Waals surface area contributed by atoms with Gasteiger partial charge in [0.1, 0.15) is 5.75 Å². The van der Waals surface area contributed by atoms with Gasteiger partial charge in [0, 0.05) is 28.2 Å². The summed E-state index contributed by atoms with van der Waals surface area (Å²) in [6.07, 6.45) is 0.210. The highest BCUT2D eigenvalue weighted by molar-refractivity contribution is 6.31. The fraction of sp³-hybridized carbons (Fsp3) is 0.211. The summed E-state index contributed by atoms with van der Waals surface area (Å²) in [5.74, 6) is 5.79. The van der Waals surface area contributed by atoms with Crippen molar-refractivity contribution in [3.63, 3.8) is 0 Å². The number of nitrogens with one attached hydrogen (secondary N) is 1. The number of rotatable bonds is 5. The number of aromatic nitrogens is 1. The second kappa shape index (κ2) is 7.17. The number of hydrogen-bond acceptors (Lipinski definition) is 3. The summed E-state index contributed by atoms with van der Waals surface area (Å²) in [5.41, 5.74) is 6.19. The van der Waals surface area contributed by atoms with Crippen LogP contribution in [0.4, 0.5) is 0 Å². The van der Waals surface area contributed by atoms with Crippen LogP contribution in [0.1, 0.15) is 16.8 Å². The van der Waals surface area contributed by atoms with E-state index >= 15 is 0 Å². The Labute approximate surface area is 151 Å². The van der Waals surface area contributed by atoms with Gasteiger partial charge in [-0.3, -0.25) is 10.2 Å². The number of methoxy groups -OCH3 is 1. The third kappa shape index (κ3) is 3.34. The second-order valence-electron chi connectivity index (χ2n) is 5.87. The molecule has 1 amide bonds. The van der Waals surface area contributed by atoms with Gasteiger partial charge in [-0.15, -0.1) is 0 Å². The molecule has 0 fully saturated rings. The zero-order valence-corrected chi connectivity index (χ0v) is 14.9. The summed E-state index contributed by atoms with van der Waals surface area (Å²) >= 11 is 6.32. The normalized spacial score (nSPS) is 10.9. The van der Waals surface area contributed by atoms with Gasteiger partial charge in [-0.05, 0) is 42.3 Å². The molecule has 0 unspecified atom stereocenters. The van der Waals surface area contributed by atoms with E-state index in [1.807, 2.05) is 49.4 Å². The van der Waals surface area contributed by atoms with E-state index < -0.39 is 0 Å². The van der Waals surface area contributed by atoms with Crippen LogP contribution in [0.25, 0.3) is 10.9 Å². The van der Waals surface area contributed by atoms with Crippen molar-refractivity contribution < 1.29 is 9.53 Å². The number of amides is 1. The van der Waals surface area contributed by atoms with E-state index in [0.717, 1.165) is 38.5 Å². The van der Waals surface area contributed by atoms with Crippen LogP contribution in [0, 0.1) is 6.92 Å². The molecule has 0 aliphatic heterocycles. The maximum absolute atomic E-state index is 11.9. The van der Waals surface area contributed by atoms with Gasteiger partial charge < -0.3 is 9.30 Å². The monoisotopic (exact) mass is 357 g/mol. The van der Waals surface area contributed by atoms with Crippen molar-refractivity contribution in [2.75, 3.05) is 7.11 Å². The third-order valence-electron chi connectivity index (χ3n) is 4.45. The van der Waals surface area contributed by atoms with E-state index in [9.17, 15) is 4.79 Å². The Balaban J connectivity index is 2.16. The lowest BCUT2D eigenvalue weighted by molar-refractivity contribution is -0.120. The van der Waals surface area contributed by atoms with E-state index in [-0.39, 0.29) is 12.3 Å². The molecule has 0 aliphatic carbocycles. The first-order valence-electron chi connectivity index (χ1n) is 7.93. The van der Waals surface area contributed by atoms with Crippen LogP contribution < -0.4 is 16.0 Å². The Bertz CT molecular complexity index is 934. The van der Waals surface area contributed by atoms with E-state index in [0.29, 0.717) is 6.54 Å². The first-order valence-corrected chi connectivity index (χ1v) is 8.31. The highest BCUT2D eigenvalue weighted by Gasteiger charge is 2.18. The van der Waals surface area contributed by atoms with Gasteiger partial charge in [0.2, 0.25) is 5.91 Å². The van der Waals surface area contributed by atoms with Crippen molar-refractivity contribution >= 4 is 28.4 Å². The number of hydrazine groups is 1. The molecule has 1 aromatic heterocycles. The predicted octanol–water partition coefficient (Wildman–Crippen LogP) is 3.19. The Morgan fingerprint density at radius 1 is 1.28 bits per heavy atom. The number of benzene rings is 2. The average Bonchev–Trinajstić information content (AvgIpc) is 2.88.